The van der Waals surface area contributed by atoms with Gasteiger partial charge in [0.15, 0.2) is 0 Å². The summed E-state index contributed by atoms with van der Waals surface area (Å²) in [6.07, 6.45) is 9.65. The number of nitrogens with zero attached hydrogens (tertiary/aromatic N) is 2. The molecule has 1 unspecified atom stereocenters. The number of halogens is 1. The molecule has 1 aliphatic rings. The summed E-state index contributed by atoms with van der Waals surface area (Å²) in [4.78, 5) is 30.1. The van der Waals surface area contributed by atoms with Crippen LogP contribution >= 0.6 is 15.9 Å². The average molecular weight is 425 g/mol. The first-order valence-corrected chi connectivity index (χ1v) is 10.6. The number of pyridine rings is 1. The monoisotopic (exact) mass is 424 g/mol. The molecule has 1 saturated heterocycles. The van der Waals surface area contributed by atoms with Crippen LogP contribution in [0.25, 0.3) is 0 Å². The number of carbonyl (C=O) groups excluding carboxylic acids is 2. The molecule has 0 spiro atoms. The Labute approximate surface area is 164 Å². The fraction of sp³-hybridized carbons (Fsp3) is 0.650. The van der Waals surface area contributed by atoms with Gasteiger partial charge in [-0.2, -0.15) is 0 Å². The molecule has 2 heterocycles. The Hall–Kier alpha value is -1.43. The minimum atomic E-state index is -0.175. The number of ether oxygens (including phenoxy) is 1. The number of carbonyl (C=O) groups is 2. The Morgan fingerprint density at radius 2 is 2.15 bits per heavy atom. The van der Waals surface area contributed by atoms with Crippen molar-refractivity contribution in [3.05, 3.63) is 30.1 Å². The minimum absolute atomic E-state index is 0.148. The summed E-state index contributed by atoms with van der Waals surface area (Å²) < 4.78 is 4.86. The summed E-state index contributed by atoms with van der Waals surface area (Å²) in [5.41, 5.74) is 1.10. The van der Waals surface area contributed by atoms with Crippen molar-refractivity contribution in [1.82, 2.24) is 9.88 Å². The first kappa shape index (κ1) is 20.9. The Kier molecular flexibility index (Phi) is 9.09. The predicted molar refractivity (Wildman–Crippen MR) is 105 cm³/mol. The number of amides is 1. The van der Waals surface area contributed by atoms with Crippen molar-refractivity contribution in [2.75, 3.05) is 25.5 Å². The van der Waals surface area contributed by atoms with Crippen molar-refractivity contribution < 1.29 is 14.3 Å². The van der Waals surface area contributed by atoms with Crippen molar-refractivity contribution >= 4 is 27.8 Å². The van der Waals surface area contributed by atoms with Gasteiger partial charge in [-0.3, -0.25) is 14.6 Å². The number of likely N-dealkylation sites (tertiary alicyclic amines) is 1. The van der Waals surface area contributed by atoms with Gasteiger partial charge in [-0.25, -0.2) is 0 Å². The lowest BCUT2D eigenvalue weighted by molar-refractivity contribution is -0.141. The van der Waals surface area contributed by atoms with Gasteiger partial charge in [-0.05, 0) is 55.6 Å². The highest BCUT2D eigenvalue weighted by Crippen LogP contribution is 2.30. The number of piperidine rings is 1. The van der Waals surface area contributed by atoms with E-state index in [2.05, 4.69) is 20.9 Å². The minimum Gasteiger partial charge on any atom is -0.469 e. The van der Waals surface area contributed by atoms with Crippen LogP contribution < -0.4 is 0 Å². The summed E-state index contributed by atoms with van der Waals surface area (Å²) in [6.45, 7) is 1.72. The summed E-state index contributed by atoms with van der Waals surface area (Å²) in [5, 5.41) is 0.880. The lowest BCUT2D eigenvalue weighted by atomic mass is 9.85. The fourth-order valence-corrected chi connectivity index (χ4v) is 3.85. The quantitative estimate of drug-likeness (QED) is 0.445. The maximum absolute atomic E-state index is 12.1. The Morgan fingerprint density at radius 1 is 1.38 bits per heavy atom. The van der Waals surface area contributed by atoms with E-state index in [1.165, 1.54) is 7.11 Å². The van der Waals surface area contributed by atoms with Crippen LogP contribution in [0.1, 0.15) is 56.4 Å². The molecule has 6 heteroatoms. The normalized spacial score (nSPS) is 16.3. The van der Waals surface area contributed by atoms with Crippen molar-refractivity contribution in [3.8, 4) is 0 Å². The molecule has 1 atom stereocenters. The number of rotatable bonds is 9. The first-order valence-electron chi connectivity index (χ1n) is 9.44. The number of hydrogen-bond donors (Lipinski definition) is 0. The second-order valence-corrected chi connectivity index (χ2v) is 7.75. The molecular formula is C20H29BrN2O3. The predicted octanol–water partition coefficient (Wildman–Crippen LogP) is 3.92. The van der Waals surface area contributed by atoms with E-state index in [4.69, 9.17) is 4.74 Å². The summed E-state index contributed by atoms with van der Waals surface area (Å²) in [6, 6.07) is 3.95. The third kappa shape index (κ3) is 6.71. The SMILES string of the molecule is COC(=O)CC(CCC1CCN(C(=O)CCCBr)CC1)c1cccnc1. The van der Waals surface area contributed by atoms with Crippen molar-refractivity contribution in [2.45, 2.75) is 50.9 Å². The lowest BCUT2D eigenvalue weighted by Gasteiger charge is -2.32. The largest absolute Gasteiger partial charge is 0.469 e. The van der Waals surface area contributed by atoms with Gasteiger partial charge < -0.3 is 9.64 Å². The van der Waals surface area contributed by atoms with Gasteiger partial charge in [0.1, 0.15) is 0 Å². The standard InChI is InChI=1S/C20H29BrN2O3/c1-26-20(25)14-17(18-4-3-11-22-15-18)7-6-16-8-12-23(13-9-16)19(24)5-2-10-21/h3-4,11,15-17H,2,5-10,12-14H2,1H3. The van der Waals surface area contributed by atoms with Gasteiger partial charge in [-0.15, -0.1) is 0 Å². The van der Waals surface area contributed by atoms with Gasteiger partial charge in [0.05, 0.1) is 13.5 Å². The van der Waals surface area contributed by atoms with E-state index in [-0.39, 0.29) is 17.8 Å². The van der Waals surface area contributed by atoms with Crippen LogP contribution in [-0.4, -0.2) is 47.3 Å². The summed E-state index contributed by atoms with van der Waals surface area (Å²) in [7, 11) is 1.44. The number of hydrogen-bond acceptors (Lipinski definition) is 4. The maximum Gasteiger partial charge on any atom is 0.306 e. The van der Waals surface area contributed by atoms with E-state index < -0.39 is 0 Å². The molecule has 5 nitrogen and oxygen atoms in total. The van der Waals surface area contributed by atoms with Crippen molar-refractivity contribution in [1.29, 1.82) is 0 Å². The van der Waals surface area contributed by atoms with Crippen LogP contribution in [0.3, 0.4) is 0 Å². The van der Waals surface area contributed by atoms with Crippen LogP contribution in [0.4, 0.5) is 0 Å². The highest BCUT2D eigenvalue weighted by molar-refractivity contribution is 9.09. The van der Waals surface area contributed by atoms with Crippen LogP contribution in [0.2, 0.25) is 0 Å². The molecule has 1 fully saturated rings. The summed E-state index contributed by atoms with van der Waals surface area (Å²) in [5.74, 6) is 0.870. The number of aromatic nitrogens is 1. The van der Waals surface area contributed by atoms with E-state index in [1.807, 2.05) is 23.2 Å². The second kappa shape index (κ2) is 11.3. The molecule has 0 aliphatic carbocycles. The molecule has 1 aromatic rings. The van der Waals surface area contributed by atoms with E-state index in [0.29, 0.717) is 18.8 Å². The molecule has 0 radical (unpaired) electrons. The van der Waals surface area contributed by atoms with E-state index in [9.17, 15) is 9.59 Å². The zero-order valence-electron chi connectivity index (χ0n) is 15.5. The zero-order chi connectivity index (χ0) is 18.8. The van der Waals surface area contributed by atoms with Gasteiger partial charge in [0, 0.05) is 37.2 Å². The van der Waals surface area contributed by atoms with Gasteiger partial charge >= 0.3 is 5.97 Å². The van der Waals surface area contributed by atoms with Crippen LogP contribution in [-0.2, 0) is 14.3 Å². The Bertz CT molecular complexity index is 559. The molecule has 0 N–H and O–H groups in total. The Balaban J connectivity index is 1.82. The molecule has 144 valence electrons. The average Bonchev–Trinajstić information content (AvgIpc) is 2.70. The van der Waals surface area contributed by atoms with Crippen molar-refractivity contribution in [2.24, 2.45) is 5.92 Å². The van der Waals surface area contributed by atoms with Gasteiger partial charge in [0.2, 0.25) is 5.91 Å². The molecule has 2 rings (SSSR count). The number of methoxy groups -OCH3 is 1. The molecule has 0 saturated carbocycles. The van der Waals surface area contributed by atoms with E-state index in [0.717, 1.165) is 56.1 Å². The molecule has 0 aromatic carbocycles. The lowest BCUT2D eigenvalue weighted by Crippen LogP contribution is -2.38. The highest BCUT2D eigenvalue weighted by Gasteiger charge is 2.24. The van der Waals surface area contributed by atoms with Gasteiger partial charge in [0.25, 0.3) is 0 Å². The zero-order valence-corrected chi connectivity index (χ0v) is 17.1. The molecule has 1 amide bonds. The van der Waals surface area contributed by atoms with E-state index in [1.54, 1.807) is 6.20 Å². The molecular weight excluding hydrogens is 396 g/mol. The van der Waals surface area contributed by atoms with Crippen molar-refractivity contribution in [3.63, 3.8) is 0 Å². The second-order valence-electron chi connectivity index (χ2n) is 6.96. The molecule has 1 aromatic heterocycles. The van der Waals surface area contributed by atoms with Crippen LogP contribution in [0.5, 0.6) is 0 Å². The van der Waals surface area contributed by atoms with Gasteiger partial charge in [-0.1, -0.05) is 22.0 Å². The van der Waals surface area contributed by atoms with Crippen LogP contribution in [0, 0.1) is 5.92 Å². The smallest absolute Gasteiger partial charge is 0.306 e. The third-order valence-electron chi connectivity index (χ3n) is 5.21. The fourth-order valence-electron chi connectivity index (χ4n) is 3.57. The Morgan fingerprint density at radius 3 is 2.77 bits per heavy atom. The van der Waals surface area contributed by atoms with E-state index >= 15 is 0 Å². The van der Waals surface area contributed by atoms with Crippen LogP contribution in [0.15, 0.2) is 24.5 Å². The molecule has 26 heavy (non-hydrogen) atoms. The number of esters is 1. The number of alkyl halides is 1. The highest BCUT2D eigenvalue weighted by atomic mass is 79.9. The first-order chi connectivity index (χ1) is 12.6. The topological polar surface area (TPSA) is 59.5 Å². The molecule has 1 aliphatic heterocycles. The maximum atomic E-state index is 12.1. The summed E-state index contributed by atoms with van der Waals surface area (Å²) >= 11 is 3.38. The molecule has 0 bridgehead atoms. The third-order valence-corrected chi connectivity index (χ3v) is 5.77.